The minimum atomic E-state index is 1.02. The number of rotatable bonds is 2. The zero-order valence-corrected chi connectivity index (χ0v) is 18.6. The monoisotopic (exact) mass is 412 g/mol. The van der Waals surface area contributed by atoms with Crippen molar-refractivity contribution in [2.24, 2.45) is 0 Å². The molecule has 0 bridgehead atoms. The van der Waals surface area contributed by atoms with E-state index in [-0.39, 0.29) is 0 Å². The fourth-order valence-electron chi connectivity index (χ4n) is 5.17. The van der Waals surface area contributed by atoms with Crippen molar-refractivity contribution in [3.63, 3.8) is 0 Å². The lowest BCUT2D eigenvalue weighted by atomic mass is 9.89. The molecule has 2 aromatic heterocycles. The van der Waals surface area contributed by atoms with Crippen LogP contribution in [-0.2, 0) is 0 Å². The van der Waals surface area contributed by atoms with Gasteiger partial charge in [0, 0.05) is 22.4 Å². The Labute approximate surface area is 187 Å². The van der Waals surface area contributed by atoms with Crippen LogP contribution in [0, 0.1) is 20.8 Å². The first-order chi connectivity index (χ1) is 15.6. The summed E-state index contributed by atoms with van der Waals surface area (Å²) < 4.78 is 2.27. The summed E-state index contributed by atoms with van der Waals surface area (Å²) >= 11 is 0. The van der Waals surface area contributed by atoms with Gasteiger partial charge in [-0.1, -0.05) is 84.4 Å². The molecule has 0 atom stereocenters. The molecule has 0 radical (unpaired) electrons. The third-order valence-corrected chi connectivity index (χ3v) is 6.39. The van der Waals surface area contributed by atoms with Crippen molar-refractivity contribution in [2.45, 2.75) is 20.8 Å². The van der Waals surface area contributed by atoms with Gasteiger partial charge in [-0.3, -0.25) is 4.40 Å². The van der Waals surface area contributed by atoms with Crippen molar-refractivity contribution in [2.75, 3.05) is 0 Å². The number of fused-ring (bicyclic) bond motifs is 6. The predicted molar refractivity (Wildman–Crippen MR) is 135 cm³/mol. The highest BCUT2D eigenvalue weighted by atomic mass is 15.0. The fourth-order valence-corrected chi connectivity index (χ4v) is 5.17. The van der Waals surface area contributed by atoms with E-state index in [2.05, 4.69) is 116 Å². The number of aromatic nitrogens is 2. The van der Waals surface area contributed by atoms with E-state index < -0.39 is 0 Å². The first-order valence-corrected chi connectivity index (χ1v) is 11.1. The predicted octanol–water partition coefficient (Wildman–Crippen LogP) is 7.90. The largest absolute Gasteiger partial charge is 0.299 e. The number of aryl methyl sites for hydroxylation is 3. The molecule has 0 N–H and O–H groups in total. The molecule has 2 heterocycles. The Hall–Kier alpha value is -3.91. The Kier molecular flexibility index (Phi) is 4.16. The van der Waals surface area contributed by atoms with E-state index in [9.17, 15) is 0 Å². The van der Waals surface area contributed by atoms with E-state index in [0.29, 0.717) is 0 Å². The highest BCUT2D eigenvalue weighted by Crippen LogP contribution is 2.41. The molecule has 0 fully saturated rings. The molecule has 0 aliphatic heterocycles. The van der Waals surface area contributed by atoms with Crippen LogP contribution in [0.3, 0.4) is 0 Å². The van der Waals surface area contributed by atoms with Crippen LogP contribution in [0.4, 0.5) is 0 Å². The van der Waals surface area contributed by atoms with E-state index in [1.807, 2.05) is 0 Å². The summed E-state index contributed by atoms with van der Waals surface area (Å²) in [6.45, 7) is 6.46. The summed E-state index contributed by atoms with van der Waals surface area (Å²) in [6, 6.07) is 30.6. The fraction of sp³-hybridized carbons (Fsp3) is 0.100. The van der Waals surface area contributed by atoms with Crippen molar-refractivity contribution in [1.82, 2.24) is 9.38 Å². The van der Waals surface area contributed by atoms with Gasteiger partial charge >= 0.3 is 0 Å². The standard InChI is InChI=1S/C30H24N2/c1-19-16-20(2)29-27(17-19)28-25(14-9-15-26(28)30-31-21(3)18-32(29)30)24-13-8-7-12-23(24)22-10-5-4-6-11-22/h4-18H,1-3H3. The second kappa shape index (κ2) is 7.06. The van der Waals surface area contributed by atoms with Crippen LogP contribution < -0.4 is 0 Å². The molecule has 0 saturated heterocycles. The molecule has 2 nitrogen and oxygen atoms in total. The first kappa shape index (κ1) is 18.8. The smallest absolute Gasteiger partial charge is 0.145 e. The zero-order chi connectivity index (χ0) is 21.8. The molecule has 6 rings (SSSR count). The number of imidazole rings is 1. The summed E-state index contributed by atoms with van der Waals surface area (Å²) in [6.07, 6.45) is 2.16. The molecule has 0 unspecified atom stereocenters. The Morgan fingerprint density at radius 2 is 1.38 bits per heavy atom. The van der Waals surface area contributed by atoms with E-state index >= 15 is 0 Å². The van der Waals surface area contributed by atoms with Crippen LogP contribution in [0.2, 0.25) is 0 Å². The lowest BCUT2D eigenvalue weighted by Gasteiger charge is -2.17. The maximum absolute atomic E-state index is 4.93. The maximum Gasteiger partial charge on any atom is 0.145 e. The second-order valence-corrected chi connectivity index (χ2v) is 8.69. The van der Waals surface area contributed by atoms with Crippen LogP contribution in [0.25, 0.3) is 49.6 Å². The molecule has 0 spiro atoms. The Morgan fingerprint density at radius 3 is 2.19 bits per heavy atom. The van der Waals surface area contributed by atoms with Crippen molar-refractivity contribution < 1.29 is 0 Å². The molecular formula is C30H24N2. The van der Waals surface area contributed by atoms with E-state index in [1.165, 1.54) is 55.1 Å². The summed E-state index contributed by atoms with van der Waals surface area (Å²) in [4.78, 5) is 4.93. The normalized spacial score (nSPS) is 11.6. The van der Waals surface area contributed by atoms with Gasteiger partial charge in [-0.05, 0) is 54.7 Å². The highest BCUT2D eigenvalue weighted by Gasteiger charge is 2.17. The molecule has 0 aliphatic rings. The van der Waals surface area contributed by atoms with Gasteiger partial charge in [0.25, 0.3) is 0 Å². The molecule has 154 valence electrons. The second-order valence-electron chi connectivity index (χ2n) is 8.69. The number of benzene rings is 4. The van der Waals surface area contributed by atoms with Crippen LogP contribution >= 0.6 is 0 Å². The quantitative estimate of drug-likeness (QED) is 0.264. The van der Waals surface area contributed by atoms with E-state index in [4.69, 9.17) is 4.98 Å². The van der Waals surface area contributed by atoms with Crippen molar-refractivity contribution in [3.05, 3.63) is 108 Å². The number of hydrogen-bond acceptors (Lipinski definition) is 1. The van der Waals surface area contributed by atoms with Gasteiger partial charge in [0.05, 0.1) is 11.2 Å². The van der Waals surface area contributed by atoms with Gasteiger partial charge in [-0.15, -0.1) is 0 Å². The maximum atomic E-state index is 4.93. The Bertz CT molecular complexity index is 1640. The minimum Gasteiger partial charge on any atom is -0.299 e. The van der Waals surface area contributed by atoms with Gasteiger partial charge in [-0.25, -0.2) is 4.98 Å². The van der Waals surface area contributed by atoms with Gasteiger partial charge in [0.2, 0.25) is 0 Å². The lowest BCUT2D eigenvalue weighted by molar-refractivity contribution is 1.24. The third kappa shape index (κ3) is 2.76. The molecule has 0 aliphatic carbocycles. The van der Waals surface area contributed by atoms with Gasteiger partial charge in [-0.2, -0.15) is 0 Å². The van der Waals surface area contributed by atoms with Gasteiger partial charge < -0.3 is 0 Å². The molecular weight excluding hydrogens is 388 g/mol. The van der Waals surface area contributed by atoms with Crippen LogP contribution in [-0.4, -0.2) is 9.38 Å². The minimum absolute atomic E-state index is 1.02. The number of hydrogen-bond donors (Lipinski definition) is 0. The Morgan fingerprint density at radius 1 is 0.656 bits per heavy atom. The van der Waals surface area contributed by atoms with Gasteiger partial charge in [0.1, 0.15) is 5.65 Å². The van der Waals surface area contributed by atoms with Crippen LogP contribution in [0.15, 0.2) is 91.1 Å². The first-order valence-electron chi connectivity index (χ1n) is 11.1. The van der Waals surface area contributed by atoms with Gasteiger partial charge in [0.15, 0.2) is 0 Å². The molecule has 6 aromatic rings. The van der Waals surface area contributed by atoms with Crippen LogP contribution in [0.1, 0.15) is 16.8 Å². The molecule has 2 heteroatoms. The molecule has 0 amide bonds. The summed E-state index contributed by atoms with van der Waals surface area (Å²) in [7, 11) is 0. The molecule has 0 saturated carbocycles. The topological polar surface area (TPSA) is 17.3 Å². The lowest BCUT2D eigenvalue weighted by Crippen LogP contribution is -1.96. The van der Waals surface area contributed by atoms with Crippen molar-refractivity contribution >= 4 is 27.3 Å². The van der Waals surface area contributed by atoms with E-state index in [0.717, 1.165) is 11.3 Å². The zero-order valence-electron chi connectivity index (χ0n) is 18.6. The average Bonchev–Trinajstić information content (AvgIpc) is 3.20. The molecule has 32 heavy (non-hydrogen) atoms. The summed E-state index contributed by atoms with van der Waals surface area (Å²) in [5.74, 6) is 0. The van der Waals surface area contributed by atoms with Crippen molar-refractivity contribution in [1.29, 1.82) is 0 Å². The van der Waals surface area contributed by atoms with Crippen molar-refractivity contribution in [3.8, 4) is 22.3 Å². The molecule has 4 aromatic carbocycles. The van der Waals surface area contributed by atoms with Crippen LogP contribution in [0.5, 0.6) is 0 Å². The summed E-state index contributed by atoms with van der Waals surface area (Å²) in [5, 5.41) is 3.74. The summed E-state index contributed by atoms with van der Waals surface area (Å²) in [5.41, 5.74) is 10.8. The average molecular weight is 413 g/mol. The third-order valence-electron chi connectivity index (χ3n) is 6.39. The highest BCUT2D eigenvalue weighted by molar-refractivity contribution is 6.19. The SMILES string of the molecule is Cc1cc(C)c2c(c1)c1c(-c3ccccc3-c3ccccc3)cccc1c1nc(C)cn12. The number of pyridine rings is 1. The van der Waals surface area contributed by atoms with E-state index in [1.54, 1.807) is 0 Å². The number of nitrogens with zero attached hydrogens (tertiary/aromatic N) is 2. The Balaban J connectivity index is 1.83.